The Hall–Kier alpha value is -2.27. The van der Waals surface area contributed by atoms with Gasteiger partial charge in [0.05, 0.1) is 6.61 Å². The summed E-state index contributed by atoms with van der Waals surface area (Å²) in [4.78, 5) is 10.8. The number of hydrogen-bond acceptors (Lipinski definition) is 4. The molecule has 2 rings (SSSR count). The minimum atomic E-state index is -1.09. The van der Waals surface area contributed by atoms with E-state index >= 15 is 0 Å². The molecule has 0 fully saturated rings. The SMILES string of the molecule is COCc1cccc(OC(C)c2ccc(C(=O)O)o2)c1. The molecule has 0 bridgehead atoms. The lowest BCUT2D eigenvalue weighted by Gasteiger charge is -2.13. The zero-order valence-electron chi connectivity index (χ0n) is 11.3. The number of carboxylic acids is 1. The van der Waals surface area contributed by atoms with E-state index in [0.29, 0.717) is 18.1 Å². The highest BCUT2D eigenvalue weighted by atomic mass is 16.5. The van der Waals surface area contributed by atoms with Gasteiger partial charge in [0.15, 0.2) is 6.10 Å². The molecule has 1 heterocycles. The van der Waals surface area contributed by atoms with Crippen LogP contribution in [0.1, 0.15) is 34.9 Å². The van der Waals surface area contributed by atoms with E-state index in [1.807, 2.05) is 24.3 Å². The second-order valence-corrected chi connectivity index (χ2v) is 4.35. The fraction of sp³-hybridized carbons (Fsp3) is 0.267. The van der Waals surface area contributed by atoms with Crippen LogP contribution in [0.15, 0.2) is 40.8 Å². The molecule has 1 aromatic carbocycles. The maximum Gasteiger partial charge on any atom is 0.371 e. The van der Waals surface area contributed by atoms with Crippen molar-refractivity contribution in [1.29, 1.82) is 0 Å². The third kappa shape index (κ3) is 3.39. The second-order valence-electron chi connectivity index (χ2n) is 4.35. The largest absolute Gasteiger partial charge is 0.483 e. The van der Waals surface area contributed by atoms with Crippen LogP contribution in [0.2, 0.25) is 0 Å². The van der Waals surface area contributed by atoms with Crippen LogP contribution in [0, 0.1) is 0 Å². The Labute approximate surface area is 116 Å². The number of hydrogen-bond donors (Lipinski definition) is 1. The Kier molecular flexibility index (Phi) is 4.42. The molecule has 20 heavy (non-hydrogen) atoms. The average molecular weight is 276 g/mol. The van der Waals surface area contributed by atoms with Gasteiger partial charge in [-0.3, -0.25) is 0 Å². The van der Waals surface area contributed by atoms with Crippen LogP contribution in [-0.2, 0) is 11.3 Å². The van der Waals surface area contributed by atoms with Crippen LogP contribution in [0.3, 0.4) is 0 Å². The van der Waals surface area contributed by atoms with Crippen molar-refractivity contribution in [1.82, 2.24) is 0 Å². The van der Waals surface area contributed by atoms with E-state index in [2.05, 4.69) is 0 Å². The summed E-state index contributed by atoms with van der Waals surface area (Å²) in [6.45, 7) is 2.31. The summed E-state index contributed by atoms with van der Waals surface area (Å²) in [7, 11) is 1.63. The van der Waals surface area contributed by atoms with Crippen molar-refractivity contribution in [2.75, 3.05) is 7.11 Å². The van der Waals surface area contributed by atoms with Crippen molar-refractivity contribution in [3.05, 3.63) is 53.5 Å². The van der Waals surface area contributed by atoms with E-state index in [1.54, 1.807) is 20.1 Å². The molecule has 5 heteroatoms. The van der Waals surface area contributed by atoms with Gasteiger partial charge in [-0.2, -0.15) is 0 Å². The predicted octanol–water partition coefficient (Wildman–Crippen LogP) is 3.26. The number of aromatic carboxylic acids is 1. The Morgan fingerprint density at radius 2 is 2.15 bits per heavy atom. The summed E-state index contributed by atoms with van der Waals surface area (Å²) in [6.07, 6.45) is -0.374. The zero-order chi connectivity index (χ0) is 14.5. The maximum atomic E-state index is 10.8. The van der Waals surface area contributed by atoms with Crippen molar-refractivity contribution < 1.29 is 23.8 Å². The smallest absolute Gasteiger partial charge is 0.371 e. The Morgan fingerprint density at radius 1 is 1.35 bits per heavy atom. The Morgan fingerprint density at radius 3 is 2.80 bits per heavy atom. The van der Waals surface area contributed by atoms with Crippen LogP contribution < -0.4 is 4.74 Å². The summed E-state index contributed by atoms with van der Waals surface area (Å²) in [5, 5.41) is 8.82. The van der Waals surface area contributed by atoms with Crippen LogP contribution in [0.5, 0.6) is 5.75 Å². The monoisotopic (exact) mass is 276 g/mol. The number of methoxy groups -OCH3 is 1. The van der Waals surface area contributed by atoms with Crippen LogP contribution in [0.4, 0.5) is 0 Å². The van der Waals surface area contributed by atoms with E-state index in [0.717, 1.165) is 5.56 Å². The van der Waals surface area contributed by atoms with Gasteiger partial charge in [-0.25, -0.2) is 4.79 Å². The highest BCUT2D eigenvalue weighted by Gasteiger charge is 2.15. The van der Waals surface area contributed by atoms with E-state index in [9.17, 15) is 4.79 Å². The van der Waals surface area contributed by atoms with Crippen molar-refractivity contribution in [3.8, 4) is 5.75 Å². The summed E-state index contributed by atoms with van der Waals surface area (Å²) in [5.41, 5.74) is 1.00. The Balaban J connectivity index is 2.08. The third-order valence-corrected chi connectivity index (χ3v) is 2.76. The molecular weight excluding hydrogens is 260 g/mol. The van der Waals surface area contributed by atoms with Crippen molar-refractivity contribution in [3.63, 3.8) is 0 Å². The first-order valence-electron chi connectivity index (χ1n) is 6.17. The van der Waals surface area contributed by atoms with Gasteiger partial charge >= 0.3 is 5.97 Å². The van der Waals surface area contributed by atoms with E-state index in [-0.39, 0.29) is 11.9 Å². The van der Waals surface area contributed by atoms with Crippen molar-refractivity contribution in [2.45, 2.75) is 19.6 Å². The molecule has 0 aliphatic rings. The maximum absolute atomic E-state index is 10.8. The number of furan rings is 1. The number of benzene rings is 1. The first-order valence-corrected chi connectivity index (χ1v) is 6.17. The summed E-state index contributed by atoms with van der Waals surface area (Å²) in [5.74, 6) is -0.0333. The zero-order valence-corrected chi connectivity index (χ0v) is 11.3. The molecule has 0 saturated carbocycles. The molecule has 0 aliphatic heterocycles. The van der Waals surface area contributed by atoms with Gasteiger partial charge in [-0.1, -0.05) is 12.1 Å². The van der Waals surface area contributed by atoms with Crippen LogP contribution in [0.25, 0.3) is 0 Å². The first-order chi connectivity index (χ1) is 9.60. The second kappa shape index (κ2) is 6.25. The summed E-state index contributed by atoms with van der Waals surface area (Å²) < 4.78 is 16.0. The molecule has 5 nitrogen and oxygen atoms in total. The van der Waals surface area contributed by atoms with Gasteiger partial charge in [0, 0.05) is 7.11 Å². The molecule has 1 aromatic heterocycles. The number of carbonyl (C=O) groups is 1. The van der Waals surface area contributed by atoms with Gasteiger partial charge < -0.3 is 19.0 Å². The molecule has 1 unspecified atom stereocenters. The lowest BCUT2D eigenvalue weighted by molar-refractivity contribution is 0.0655. The molecule has 1 atom stereocenters. The molecular formula is C15H16O5. The summed E-state index contributed by atoms with van der Waals surface area (Å²) >= 11 is 0. The van der Waals surface area contributed by atoms with Gasteiger partial charge in [-0.15, -0.1) is 0 Å². The van der Waals surface area contributed by atoms with Gasteiger partial charge in [0.1, 0.15) is 11.5 Å². The van der Waals surface area contributed by atoms with Crippen molar-refractivity contribution >= 4 is 5.97 Å². The normalized spacial score (nSPS) is 12.1. The van der Waals surface area contributed by atoms with Crippen LogP contribution in [-0.4, -0.2) is 18.2 Å². The molecule has 0 radical (unpaired) electrons. The number of carboxylic acid groups (broad SMARTS) is 1. The van der Waals surface area contributed by atoms with Crippen molar-refractivity contribution in [2.24, 2.45) is 0 Å². The molecule has 1 N–H and O–H groups in total. The molecule has 0 saturated heterocycles. The van der Waals surface area contributed by atoms with E-state index < -0.39 is 5.97 Å². The molecule has 0 aliphatic carbocycles. The fourth-order valence-corrected chi connectivity index (χ4v) is 1.82. The lowest BCUT2D eigenvalue weighted by Crippen LogP contribution is -2.02. The van der Waals surface area contributed by atoms with Crippen LogP contribution >= 0.6 is 0 Å². The molecule has 2 aromatic rings. The summed E-state index contributed by atoms with van der Waals surface area (Å²) in [6, 6.07) is 10.5. The predicted molar refractivity (Wildman–Crippen MR) is 71.9 cm³/mol. The van der Waals surface area contributed by atoms with E-state index in [1.165, 1.54) is 6.07 Å². The van der Waals surface area contributed by atoms with E-state index in [4.69, 9.17) is 19.0 Å². The highest BCUT2D eigenvalue weighted by Crippen LogP contribution is 2.24. The molecule has 106 valence electrons. The first kappa shape index (κ1) is 14.1. The topological polar surface area (TPSA) is 68.9 Å². The molecule has 0 amide bonds. The standard InChI is InChI=1S/C15H16O5/c1-10(13-6-7-14(20-13)15(16)17)19-12-5-3-4-11(8-12)9-18-2/h3-8,10H,9H2,1-2H3,(H,16,17). The average Bonchev–Trinajstić information content (AvgIpc) is 2.89. The number of ether oxygens (including phenoxy) is 2. The van der Waals surface area contributed by atoms with Gasteiger partial charge in [0.25, 0.3) is 0 Å². The third-order valence-electron chi connectivity index (χ3n) is 2.76. The number of rotatable bonds is 6. The quantitative estimate of drug-likeness (QED) is 0.877. The minimum Gasteiger partial charge on any atom is -0.483 e. The lowest BCUT2D eigenvalue weighted by atomic mass is 10.2. The van der Waals surface area contributed by atoms with Gasteiger partial charge in [0.2, 0.25) is 5.76 Å². The minimum absolute atomic E-state index is 0.0939. The fourth-order valence-electron chi connectivity index (χ4n) is 1.82. The molecule has 0 spiro atoms. The van der Waals surface area contributed by atoms with Gasteiger partial charge in [-0.05, 0) is 36.8 Å². The Bertz CT molecular complexity index is 587. The highest BCUT2D eigenvalue weighted by molar-refractivity contribution is 5.84.